The first kappa shape index (κ1) is 16.1. The number of benzene rings is 2. The Kier molecular flexibility index (Phi) is 4.53. The molecule has 2 aromatic rings. The summed E-state index contributed by atoms with van der Waals surface area (Å²) in [5, 5.41) is 0. The Morgan fingerprint density at radius 1 is 0.875 bits per heavy atom. The molecule has 24 heavy (non-hydrogen) atoms. The summed E-state index contributed by atoms with van der Waals surface area (Å²) in [7, 11) is 3.19. The second kappa shape index (κ2) is 6.76. The van der Waals surface area contributed by atoms with Crippen LogP contribution in [0.3, 0.4) is 0 Å². The van der Waals surface area contributed by atoms with Crippen LogP contribution in [-0.4, -0.2) is 20.2 Å². The molecule has 2 atom stereocenters. The quantitative estimate of drug-likeness (QED) is 0.635. The normalized spacial score (nSPS) is 20.4. The molecule has 0 aromatic heterocycles. The van der Waals surface area contributed by atoms with Crippen LogP contribution in [0.5, 0.6) is 11.5 Å². The molecule has 1 saturated heterocycles. The van der Waals surface area contributed by atoms with Gasteiger partial charge in [-0.2, -0.15) is 0 Å². The van der Waals surface area contributed by atoms with Gasteiger partial charge in [-0.05, 0) is 42.0 Å². The summed E-state index contributed by atoms with van der Waals surface area (Å²) >= 11 is 0. The third-order valence-corrected chi connectivity index (χ3v) is 3.86. The lowest BCUT2D eigenvalue weighted by molar-refractivity contribution is -0.204. The number of hydrogen-bond donors (Lipinski definition) is 0. The van der Waals surface area contributed by atoms with E-state index < -0.39 is 18.4 Å². The van der Waals surface area contributed by atoms with Gasteiger partial charge in [0, 0.05) is 5.56 Å². The van der Waals surface area contributed by atoms with Gasteiger partial charge in [0.25, 0.3) is 0 Å². The zero-order valence-electron chi connectivity index (χ0n) is 13.5. The molecule has 0 radical (unpaired) electrons. The van der Waals surface area contributed by atoms with Gasteiger partial charge in [0.2, 0.25) is 6.29 Å². The predicted octanol–water partition coefficient (Wildman–Crippen LogP) is 3.57. The Hall–Kier alpha value is -2.79. The summed E-state index contributed by atoms with van der Waals surface area (Å²) in [6, 6.07) is 14.5. The van der Waals surface area contributed by atoms with Crippen LogP contribution in [0.4, 0.5) is 0 Å². The molecule has 0 saturated carbocycles. The Balaban J connectivity index is 1.85. The van der Waals surface area contributed by atoms with Crippen LogP contribution in [0.15, 0.2) is 60.7 Å². The number of hydrogen-bond acceptors (Lipinski definition) is 5. The van der Waals surface area contributed by atoms with E-state index in [4.69, 9.17) is 18.9 Å². The van der Waals surface area contributed by atoms with E-state index >= 15 is 0 Å². The first-order chi connectivity index (χ1) is 11.6. The third kappa shape index (κ3) is 3.12. The number of rotatable bonds is 4. The monoisotopic (exact) mass is 326 g/mol. The molecule has 1 aliphatic rings. The second-order valence-corrected chi connectivity index (χ2v) is 5.32. The van der Waals surface area contributed by atoms with Crippen LogP contribution in [0.1, 0.15) is 23.5 Å². The van der Waals surface area contributed by atoms with E-state index in [1.54, 1.807) is 38.5 Å². The third-order valence-electron chi connectivity index (χ3n) is 3.86. The summed E-state index contributed by atoms with van der Waals surface area (Å²) in [6.45, 7) is 3.80. The van der Waals surface area contributed by atoms with Crippen molar-refractivity contribution in [1.29, 1.82) is 0 Å². The molecule has 1 aliphatic heterocycles. The first-order valence-electron chi connectivity index (χ1n) is 7.45. The van der Waals surface area contributed by atoms with Crippen molar-refractivity contribution in [1.82, 2.24) is 0 Å². The maximum atomic E-state index is 12.2. The Morgan fingerprint density at radius 2 is 1.38 bits per heavy atom. The van der Waals surface area contributed by atoms with E-state index in [1.165, 1.54) is 0 Å². The lowest BCUT2D eigenvalue weighted by Gasteiger charge is -2.31. The fourth-order valence-corrected chi connectivity index (χ4v) is 2.48. The minimum atomic E-state index is -0.791. The average Bonchev–Trinajstić information content (AvgIpc) is 2.64. The fraction of sp³-hybridized carbons (Fsp3) is 0.211. The highest BCUT2D eigenvalue weighted by Crippen LogP contribution is 2.38. The zero-order valence-corrected chi connectivity index (χ0v) is 13.5. The molecule has 1 fully saturated rings. The van der Waals surface area contributed by atoms with Crippen molar-refractivity contribution in [3.8, 4) is 11.5 Å². The molecule has 0 amide bonds. The van der Waals surface area contributed by atoms with Crippen LogP contribution in [-0.2, 0) is 14.3 Å². The van der Waals surface area contributed by atoms with Crippen molar-refractivity contribution in [2.45, 2.75) is 12.4 Å². The van der Waals surface area contributed by atoms with Gasteiger partial charge in [0.05, 0.1) is 19.8 Å². The molecule has 3 rings (SSSR count). The van der Waals surface area contributed by atoms with Crippen molar-refractivity contribution in [2.24, 2.45) is 0 Å². The molecule has 0 spiro atoms. The molecule has 1 heterocycles. The second-order valence-electron chi connectivity index (χ2n) is 5.32. The van der Waals surface area contributed by atoms with E-state index in [2.05, 4.69) is 6.58 Å². The molecule has 0 N–H and O–H groups in total. The van der Waals surface area contributed by atoms with Gasteiger partial charge < -0.3 is 18.9 Å². The van der Waals surface area contributed by atoms with E-state index in [-0.39, 0.29) is 5.57 Å². The minimum absolute atomic E-state index is 0.268. The average molecular weight is 326 g/mol. The summed E-state index contributed by atoms with van der Waals surface area (Å²) < 4.78 is 21.6. The molecule has 5 heteroatoms. The van der Waals surface area contributed by atoms with Gasteiger partial charge in [-0.1, -0.05) is 18.7 Å². The smallest absolute Gasteiger partial charge is 0.338 e. The maximum absolute atomic E-state index is 12.2. The SMILES string of the molecule is C=C1C(=O)OC(c2ccc(OC)cc2)OC1c1ccc(OC)cc1. The van der Waals surface area contributed by atoms with E-state index in [9.17, 15) is 4.79 Å². The number of esters is 1. The summed E-state index contributed by atoms with van der Waals surface area (Å²) in [5.74, 6) is 0.981. The standard InChI is InChI=1S/C19H18O5/c1-12-17(13-4-8-15(21-2)9-5-13)23-19(24-18(12)20)14-6-10-16(22-3)11-7-14/h4-11,17,19H,1H2,2-3H3. The van der Waals surface area contributed by atoms with Crippen molar-refractivity contribution in [3.05, 3.63) is 71.8 Å². The lowest BCUT2D eigenvalue weighted by Crippen LogP contribution is -2.28. The van der Waals surface area contributed by atoms with Gasteiger partial charge in [-0.25, -0.2) is 4.79 Å². The van der Waals surface area contributed by atoms with Gasteiger partial charge in [-0.3, -0.25) is 0 Å². The molecule has 2 aromatic carbocycles. The summed E-state index contributed by atoms with van der Waals surface area (Å²) in [4.78, 5) is 12.2. The lowest BCUT2D eigenvalue weighted by atomic mass is 10.0. The maximum Gasteiger partial charge on any atom is 0.338 e. The molecular weight excluding hydrogens is 308 g/mol. The Bertz CT molecular complexity index is 733. The van der Waals surface area contributed by atoms with Gasteiger partial charge >= 0.3 is 5.97 Å². The number of ether oxygens (including phenoxy) is 4. The number of carbonyl (C=O) groups is 1. The van der Waals surface area contributed by atoms with E-state index in [0.717, 1.165) is 22.6 Å². The summed E-state index contributed by atoms with van der Waals surface area (Å²) in [5.41, 5.74) is 1.82. The highest BCUT2D eigenvalue weighted by Gasteiger charge is 2.34. The summed E-state index contributed by atoms with van der Waals surface area (Å²) in [6.07, 6.45) is -1.36. The Morgan fingerprint density at radius 3 is 1.88 bits per heavy atom. The molecule has 124 valence electrons. The molecular formula is C19H18O5. The van der Waals surface area contributed by atoms with Crippen LogP contribution in [0, 0.1) is 0 Å². The highest BCUT2D eigenvalue weighted by atomic mass is 16.7. The molecule has 2 unspecified atom stereocenters. The van der Waals surface area contributed by atoms with Crippen molar-refractivity contribution >= 4 is 5.97 Å². The van der Waals surface area contributed by atoms with Crippen LogP contribution >= 0.6 is 0 Å². The van der Waals surface area contributed by atoms with Crippen LogP contribution < -0.4 is 9.47 Å². The number of methoxy groups -OCH3 is 2. The Labute approximate surface area is 140 Å². The van der Waals surface area contributed by atoms with Gasteiger partial charge in [0.1, 0.15) is 17.6 Å². The van der Waals surface area contributed by atoms with Crippen molar-refractivity contribution in [3.63, 3.8) is 0 Å². The van der Waals surface area contributed by atoms with Crippen molar-refractivity contribution in [2.75, 3.05) is 14.2 Å². The molecule has 0 bridgehead atoms. The van der Waals surface area contributed by atoms with Crippen LogP contribution in [0.25, 0.3) is 0 Å². The number of carbonyl (C=O) groups excluding carboxylic acids is 1. The molecule has 5 nitrogen and oxygen atoms in total. The first-order valence-corrected chi connectivity index (χ1v) is 7.45. The largest absolute Gasteiger partial charge is 0.497 e. The van der Waals surface area contributed by atoms with Crippen LogP contribution in [0.2, 0.25) is 0 Å². The van der Waals surface area contributed by atoms with Crippen molar-refractivity contribution < 1.29 is 23.7 Å². The van der Waals surface area contributed by atoms with E-state index in [1.807, 2.05) is 24.3 Å². The van der Waals surface area contributed by atoms with E-state index in [0.29, 0.717) is 0 Å². The zero-order chi connectivity index (χ0) is 17.1. The highest BCUT2D eigenvalue weighted by molar-refractivity contribution is 5.89. The predicted molar refractivity (Wildman–Crippen MR) is 87.8 cm³/mol. The number of cyclic esters (lactones) is 1. The minimum Gasteiger partial charge on any atom is -0.497 e. The fourth-order valence-electron chi connectivity index (χ4n) is 2.48. The topological polar surface area (TPSA) is 54.0 Å². The molecule has 0 aliphatic carbocycles. The van der Waals surface area contributed by atoms with Gasteiger partial charge in [0.15, 0.2) is 0 Å². The van der Waals surface area contributed by atoms with Gasteiger partial charge in [-0.15, -0.1) is 0 Å².